The van der Waals surface area contributed by atoms with Crippen molar-refractivity contribution in [3.8, 4) is 0 Å². The molecule has 0 aliphatic carbocycles. The molecule has 1 saturated heterocycles. The number of carbonyl (C=O) groups excluding carboxylic acids is 1. The van der Waals surface area contributed by atoms with E-state index < -0.39 is 0 Å². The molecular formula is C16H19N5O. The number of carbonyl (C=O) groups is 1. The average molecular weight is 297 g/mol. The summed E-state index contributed by atoms with van der Waals surface area (Å²) in [6.45, 7) is 3.89. The molecule has 6 nitrogen and oxygen atoms in total. The van der Waals surface area contributed by atoms with Crippen molar-refractivity contribution in [2.75, 3.05) is 23.3 Å². The van der Waals surface area contributed by atoms with Crippen LogP contribution in [0.25, 0.3) is 0 Å². The Labute approximate surface area is 129 Å². The Morgan fingerprint density at radius 2 is 1.91 bits per heavy atom. The van der Waals surface area contributed by atoms with Crippen LogP contribution in [0.3, 0.4) is 0 Å². The maximum Gasteiger partial charge on any atom is 0.277 e. The van der Waals surface area contributed by atoms with Gasteiger partial charge in [0.05, 0.1) is 0 Å². The second-order valence-electron chi connectivity index (χ2n) is 5.44. The van der Waals surface area contributed by atoms with Gasteiger partial charge < -0.3 is 10.2 Å². The second-order valence-corrected chi connectivity index (χ2v) is 5.44. The number of rotatable bonds is 3. The zero-order valence-electron chi connectivity index (χ0n) is 12.6. The van der Waals surface area contributed by atoms with E-state index in [0.29, 0.717) is 11.5 Å². The zero-order chi connectivity index (χ0) is 15.4. The number of nitrogens with one attached hydrogen (secondary N) is 1. The van der Waals surface area contributed by atoms with E-state index in [1.54, 1.807) is 12.1 Å². The fraction of sp³-hybridized carbons (Fsp3) is 0.375. The molecule has 1 N–H and O–H groups in total. The molecule has 1 fully saturated rings. The molecular weight excluding hydrogens is 278 g/mol. The summed E-state index contributed by atoms with van der Waals surface area (Å²) in [7, 11) is 0. The molecule has 3 rings (SSSR count). The van der Waals surface area contributed by atoms with Gasteiger partial charge >= 0.3 is 0 Å². The van der Waals surface area contributed by atoms with Crippen LogP contribution < -0.4 is 10.2 Å². The minimum atomic E-state index is -0.296. The summed E-state index contributed by atoms with van der Waals surface area (Å²) in [4.78, 5) is 18.6. The minimum Gasteiger partial charge on any atom is -0.355 e. The van der Waals surface area contributed by atoms with Gasteiger partial charge in [-0.05, 0) is 50.5 Å². The lowest BCUT2D eigenvalue weighted by Gasteiger charge is -2.27. The number of hydrogen-bond donors (Lipinski definition) is 1. The highest BCUT2D eigenvalue weighted by molar-refractivity contribution is 6.02. The van der Waals surface area contributed by atoms with E-state index in [1.807, 2.05) is 25.1 Å². The van der Waals surface area contributed by atoms with Crippen molar-refractivity contribution < 1.29 is 4.79 Å². The van der Waals surface area contributed by atoms with E-state index in [1.165, 1.54) is 19.3 Å². The van der Waals surface area contributed by atoms with Crippen molar-refractivity contribution in [3.05, 3.63) is 41.7 Å². The fourth-order valence-electron chi connectivity index (χ4n) is 2.53. The largest absolute Gasteiger partial charge is 0.355 e. The van der Waals surface area contributed by atoms with Crippen LogP contribution in [0.4, 0.5) is 11.6 Å². The molecule has 0 atom stereocenters. The van der Waals surface area contributed by atoms with Crippen molar-refractivity contribution in [3.63, 3.8) is 0 Å². The number of aromatic nitrogens is 3. The van der Waals surface area contributed by atoms with Crippen molar-refractivity contribution in [1.82, 2.24) is 15.2 Å². The molecule has 0 bridgehead atoms. The van der Waals surface area contributed by atoms with Crippen LogP contribution in [0.15, 0.2) is 30.3 Å². The maximum absolute atomic E-state index is 12.1. The fourth-order valence-corrected chi connectivity index (χ4v) is 2.53. The van der Waals surface area contributed by atoms with E-state index in [9.17, 15) is 4.79 Å². The molecule has 2 aromatic rings. The van der Waals surface area contributed by atoms with Gasteiger partial charge in [0.25, 0.3) is 5.91 Å². The monoisotopic (exact) mass is 297 g/mol. The molecule has 22 heavy (non-hydrogen) atoms. The molecule has 1 amide bonds. The SMILES string of the molecule is Cc1cccc(NC(=O)c2ccc(N3CCCCC3)nn2)n1. The van der Waals surface area contributed by atoms with Gasteiger partial charge in [-0.1, -0.05) is 6.07 Å². The molecule has 3 heterocycles. The van der Waals surface area contributed by atoms with Crippen LogP contribution in [0, 0.1) is 6.92 Å². The number of piperidine rings is 1. The minimum absolute atomic E-state index is 0.295. The van der Waals surface area contributed by atoms with Crippen LogP contribution in [-0.2, 0) is 0 Å². The summed E-state index contributed by atoms with van der Waals surface area (Å²) in [5.74, 6) is 1.06. The smallest absolute Gasteiger partial charge is 0.277 e. The number of anilines is 2. The van der Waals surface area contributed by atoms with Crippen molar-refractivity contribution >= 4 is 17.5 Å². The highest BCUT2D eigenvalue weighted by Gasteiger charge is 2.14. The van der Waals surface area contributed by atoms with Gasteiger partial charge in [0, 0.05) is 18.8 Å². The molecule has 0 radical (unpaired) electrons. The lowest BCUT2D eigenvalue weighted by atomic mass is 10.1. The van der Waals surface area contributed by atoms with Gasteiger partial charge in [0.1, 0.15) is 5.82 Å². The van der Waals surface area contributed by atoms with Crippen molar-refractivity contribution in [2.45, 2.75) is 26.2 Å². The molecule has 6 heteroatoms. The molecule has 1 aliphatic rings. The Hall–Kier alpha value is -2.50. The number of aryl methyl sites for hydroxylation is 1. The first-order valence-electron chi connectivity index (χ1n) is 7.56. The highest BCUT2D eigenvalue weighted by Crippen LogP contribution is 2.16. The van der Waals surface area contributed by atoms with Crippen LogP contribution in [0.2, 0.25) is 0 Å². The van der Waals surface area contributed by atoms with Gasteiger partial charge in [0.2, 0.25) is 0 Å². The lowest BCUT2D eigenvalue weighted by molar-refractivity contribution is 0.102. The summed E-state index contributed by atoms with van der Waals surface area (Å²) in [6, 6.07) is 9.05. The molecule has 0 aromatic carbocycles. The summed E-state index contributed by atoms with van der Waals surface area (Å²) < 4.78 is 0. The van der Waals surface area contributed by atoms with E-state index >= 15 is 0 Å². The zero-order valence-corrected chi connectivity index (χ0v) is 12.6. The number of pyridine rings is 1. The Kier molecular flexibility index (Phi) is 4.27. The maximum atomic E-state index is 12.1. The summed E-state index contributed by atoms with van der Waals surface area (Å²) in [5.41, 5.74) is 1.15. The summed E-state index contributed by atoms with van der Waals surface area (Å²) in [6.07, 6.45) is 3.64. The van der Waals surface area contributed by atoms with Gasteiger partial charge in [-0.3, -0.25) is 4.79 Å². The van der Waals surface area contributed by atoms with Crippen molar-refractivity contribution in [2.24, 2.45) is 0 Å². The van der Waals surface area contributed by atoms with Crippen LogP contribution in [0.1, 0.15) is 35.4 Å². The van der Waals surface area contributed by atoms with Gasteiger partial charge in [0.15, 0.2) is 11.5 Å². The third kappa shape index (κ3) is 3.39. The topological polar surface area (TPSA) is 71.0 Å². The molecule has 114 valence electrons. The van der Waals surface area contributed by atoms with E-state index in [4.69, 9.17) is 0 Å². The average Bonchev–Trinajstić information content (AvgIpc) is 2.56. The Morgan fingerprint density at radius 3 is 2.59 bits per heavy atom. The second kappa shape index (κ2) is 6.51. The Morgan fingerprint density at radius 1 is 1.09 bits per heavy atom. The summed E-state index contributed by atoms with van der Waals surface area (Å²) >= 11 is 0. The first-order chi connectivity index (χ1) is 10.7. The first-order valence-corrected chi connectivity index (χ1v) is 7.56. The number of hydrogen-bond acceptors (Lipinski definition) is 5. The summed E-state index contributed by atoms with van der Waals surface area (Å²) in [5, 5.41) is 11.0. The quantitative estimate of drug-likeness (QED) is 0.942. The molecule has 0 saturated carbocycles. The van der Waals surface area contributed by atoms with Crippen LogP contribution in [0.5, 0.6) is 0 Å². The molecule has 0 unspecified atom stereocenters. The van der Waals surface area contributed by atoms with Crippen LogP contribution in [-0.4, -0.2) is 34.2 Å². The van der Waals surface area contributed by atoms with E-state index in [0.717, 1.165) is 24.6 Å². The van der Waals surface area contributed by atoms with Crippen LogP contribution >= 0.6 is 0 Å². The normalized spacial score (nSPS) is 14.7. The molecule has 0 spiro atoms. The van der Waals surface area contributed by atoms with Gasteiger partial charge in [-0.25, -0.2) is 4.98 Å². The van der Waals surface area contributed by atoms with E-state index in [-0.39, 0.29) is 5.91 Å². The predicted molar refractivity (Wildman–Crippen MR) is 85.0 cm³/mol. The third-order valence-corrected chi connectivity index (χ3v) is 3.69. The first kappa shape index (κ1) is 14.4. The third-order valence-electron chi connectivity index (χ3n) is 3.69. The predicted octanol–water partition coefficient (Wildman–Crippen LogP) is 2.42. The van der Waals surface area contributed by atoms with Crippen molar-refractivity contribution in [1.29, 1.82) is 0 Å². The molecule has 1 aliphatic heterocycles. The van der Waals surface area contributed by atoms with Gasteiger partial charge in [-0.15, -0.1) is 10.2 Å². The number of nitrogens with zero attached hydrogens (tertiary/aromatic N) is 4. The number of amides is 1. The highest BCUT2D eigenvalue weighted by atomic mass is 16.2. The Balaban J connectivity index is 1.68. The standard InChI is InChI=1S/C16H19N5O/c1-12-6-5-7-14(17-12)18-16(22)13-8-9-15(20-19-13)21-10-3-2-4-11-21/h5-9H,2-4,10-11H2,1H3,(H,17,18,22). The van der Waals surface area contributed by atoms with Gasteiger partial charge in [-0.2, -0.15) is 0 Å². The molecule has 2 aromatic heterocycles. The Bertz CT molecular complexity index is 650. The lowest BCUT2D eigenvalue weighted by Crippen LogP contribution is -2.30. The van der Waals surface area contributed by atoms with E-state index in [2.05, 4.69) is 25.4 Å².